The predicted octanol–water partition coefficient (Wildman–Crippen LogP) is 5.76. The Morgan fingerprint density at radius 2 is 1.78 bits per heavy atom. The number of nitrogens with zero attached hydrogens (tertiary/aromatic N) is 6. The second-order valence-corrected chi connectivity index (χ2v) is 12.7. The second-order valence-electron chi connectivity index (χ2n) is 11.8. The molecule has 0 spiro atoms. The molecule has 46 heavy (non-hydrogen) atoms. The molecule has 0 bridgehead atoms. The van der Waals surface area contributed by atoms with Gasteiger partial charge in [0.05, 0.1) is 46.9 Å². The van der Waals surface area contributed by atoms with Gasteiger partial charge in [-0.2, -0.15) is 0 Å². The summed E-state index contributed by atoms with van der Waals surface area (Å²) in [6.45, 7) is 10.1. The minimum Gasteiger partial charge on any atom is -0.494 e. The lowest BCUT2D eigenvalue weighted by molar-refractivity contribution is -0.111. The van der Waals surface area contributed by atoms with Gasteiger partial charge < -0.3 is 25.2 Å². The first kappa shape index (κ1) is 32.3. The Balaban J connectivity index is 1.22. The molecule has 3 aliphatic heterocycles. The van der Waals surface area contributed by atoms with Crippen LogP contribution in [-0.2, 0) is 9.63 Å². The molecule has 13 heteroatoms. The van der Waals surface area contributed by atoms with Gasteiger partial charge in [-0.3, -0.25) is 14.5 Å². The first-order chi connectivity index (χ1) is 22.3. The van der Waals surface area contributed by atoms with E-state index in [0.717, 1.165) is 56.9 Å². The number of carbonyl (C=O) groups excluding carboxylic acids is 1. The van der Waals surface area contributed by atoms with Crippen LogP contribution in [0, 0.1) is 0 Å². The Labute approximate surface area is 280 Å². The normalized spacial score (nSPS) is 19.7. The molecule has 0 aliphatic carbocycles. The van der Waals surface area contributed by atoms with Crippen molar-refractivity contribution in [1.82, 2.24) is 19.8 Å². The number of nitrogens with one attached hydrogen (secondary N) is 2. The van der Waals surface area contributed by atoms with Crippen molar-refractivity contribution in [2.24, 2.45) is 0 Å². The number of ether oxygens (including phenoxy) is 1. The quantitative estimate of drug-likeness (QED) is 0.274. The molecule has 1 unspecified atom stereocenters. The lowest BCUT2D eigenvalue weighted by atomic mass is 10.0. The molecule has 3 saturated heterocycles. The summed E-state index contributed by atoms with van der Waals surface area (Å²) in [7, 11) is 3.83. The number of methoxy groups -OCH3 is 1. The number of halogens is 2. The third kappa shape index (κ3) is 7.19. The molecule has 3 aromatic rings. The number of hydroxylamine groups is 1. The van der Waals surface area contributed by atoms with Crippen molar-refractivity contribution < 1.29 is 14.4 Å². The number of benzene rings is 2. The number of likely N-dealkylation sites (tertiary alicyclic amines) is 1. The van der Waals surface area contributed by atoms with E-state index in [9.17, 15) is 4.79 Å². The first-order valence-corrected chi connectivity index (χ1v) is 16.4. The van der Waals surface area contributed by atoms with Crippen LogP contribution in [0.2, 0.25) is 10.0 Å². The van der Waals surface area contributed by atoms with E-state index < -0.39 is 0 Å². The summed E-state index contributed by atoms with van der Waals surface area (Å²) in [5, 5.41) is 9.14. The molecule has 6 rings (SSSR count). The number of hydrogen-bond donors (Lipinski definition) is 2. The summed E-state index contributed by atoms with van der Waals surface area (Å²) < 4.78 is 5.85. The van der Waals surface area contributed by atoms with Gasteiger partial charge in [0.15, 0.2) is 5.82 Å². The highest BCUT2D eigenvalue weighted by atomic mass is 35.5. The number of anilines is 5. The Morgan fingerprint density at radius 3 is 2.50 bits per heavy atom. The summed E-state index contributed by atoms with van der Waals surface area (Å²) in [4.78, 5) is 34.8. The highest BCUT2D eigenvalue weighted by Gasteiger charge is 2.31. The summed E-state index contributed by atoms with van der Waals surface area (Å²) in [6.07, 6.45) is 5.93. The topological polar surface area (TPSA) is 98.3 Å². The van der Waals surface area contributed by atoms with Gasteiger partial charge in [-0.25, -0.2) is 15.0 Å². The molecular formula is C33H40Cl2N8O3. The van der Waals surface area contributed by atoms with E-state index >= 15 is 0 Å². The van der Waals surface area contributed by atoms with Gasteiger partial charge in [0, 0.05) is 50.8 Å². The fourth-order valence-corrected chi connectivity index (χ4v) is 6.77. The highest BCUT2D eigenvalue weighted by molar-refractivity contribution is 6.42. The number of amides is 1. The van der Waals surface area contributed by atoms with Crippen molar-refractivity contribution in [3.63, 3.8) is 0 Å². The average Bonchev–Trinajstić information content (AvgIpc) is 3.57. The Kier molecular flexibility index (Phi) is 10.1. The molecular weight excluding hydrogens is 627 g/mol. The van der Waals surface area contributed by atoms with E-state index in [1.807, 2.05) is 30.3 Å². The van der Waals surface area contributed by atoms with Crippen molar-refractivity contribution in [2.75, 3.05) is 80.6 Å². The molecule has 2 N–H and O–H groups in total. The van der Waals surface area contributed by atoms with Gasteiger partial charge in [-0.15, -0.1) is 0 Å². The molecule has 3 aliphatic rings. The Hall–Kier alpha value is -3.61. The van der Waals surface area contributed by atoms with Crippen LogP contribution in [-0.4, -0.2) is 91.7 Å². The van der Waals surface area contributed by atoms with Gasteiger partial charge >= 0.3 is 0 Å². The van der Waals surface area contributed by atoms with E-state index in [4.69, 9.17) is 32.8 Å². The zero-order valence-electron chi connectivity index (χ0n) is 26.2. The summed E-state index contributed by atoms with van der Waals surface area (Å²) >= 11 is 12.5. The zero-order chi connectivity index (χ0) is 32.2. The van der Waals surface area contributed by atoms with Crippen LogP contribution < -0.4 is 25.3 Å². The fraction of sp³-hybridized carbons (Fsp3) is 0.424. The van der Waals surface area contributed by atoms with Crippen LogP contribution in [0.25, 0.3) is 0 Å². The van der Waals surface area contributed by atoms with Gasteiger partial charge in [-0.1, -0.05) is 35.8 Å². The molecule has 2 aromatic carbocycles. The maximum Gasteiger partial charge on any atom is 0.247 e. The van der Waals surface area contributed by atoms with Gasteiger partial charge in [0.1, 0.15) is 17.9 Å². The monoisotopic (exact) mass is 666 g/mol. The van der Waals surface area contributed by atoms with Gasteiger partial charge in [0.2, 0.25) is 5.91 Å². The van der Waals surface area contributed by atoms with Crippen LogP contribution in [0.4, 0.5) is 28.7 Å². The third-order valence-electron chi connectivity index (χ3n) is 8.99. The van der Waals surface area contributed by atoms with Crippen LogP contribution >= 0.6 is 23.2 Å². The zero-order valence-corrected chi connectivity index (χ0v) is 27.7. The van der Waals surface area contributed by atoms with Gasteiger partial charge in [-0.05, 0) is 62.8 Å². The molecule has 1 atom stereocenters. The Bertz CT molecular complexity index is 1560. The standard InChI is InChI=1S/C33H40Cl2N8O3/c1-4-33(44)39-26-18-27(30(45-3)19-29(26)42-14-12-41(13-15-42)23-7-10-40(2)11-8-23)38-31-20-32(37-21-36-31)43-28(9-16-46-43)22-5-6-24(34)25(35)17-22/h4-6,17-21,23,28H,1,7-16H2,2-3H3,(H,39,44)(H,36,37,38). The third-order valence-corrected chi connectivity index (χ3v) is 9.73. The van der Waals surface area contributed by atoms with E-state index in [1.165, 1.54) is 25.2 Å². The lowest BCUT2D eigenvalue weighted by Crippen LogP contribution is -2.53. The van der Waals surface area contributed by atoms with Crippen LogP contribution in [0.1, 0.15) is 30.9 Å². The maximum absolute atomic E-state index is 12.5. The van der Waals surface area contributed by atoms with Crippen molar-refractivity contribution in [2.45, 2.75) is 31.3 Å². The van der Waals surface area contributed by atoms with Gasteiger partial charge in [0.25, 0.3) is 0 Å². The number of piperidine rings is 1. The van der Waals surface area contributed by atoms with Crippen LogP contribution in [0.3, 0.4) is 0 Å². The minimum absolute atomic E-state index is 0.0908. The number of carbonyl (C=O) groups is 1. The smallest absolute Gasteiger partial charge is 0.247 e. The number of hydrogen-bond acceptors (Lipinski definition) is 10. The predicted molar refractivity (Wildman–Crippen MR) is 184 cm³/mol. The molecule has 244 valence electrons. The number of piperazine rings is 1. The number of aromatic nitrogens is 2. The summed E-state index contributed by atoms with van der Waals surface area (Å²) in [6, 6.07) is 11.8. The van der Waals surface area contributed by atoms with Crippen molar-refractivity contribution >= 4 is 57.8 Å². The van der Waals surface area contributed by atoms with Crippen molar-refractivity contribution in [3.05, 3.63) is 71.0 Å². The van der Waals surface area contributed by atoms with E-state index in [0.29, 0.717) is 51.5 Å². The van der Waals surface area contributed by atoms with E-state index in [2.05, 4.69) is 48.9 Å². The maximum atomic E-state index is 12.5. The Morgan fingerprint density at radius 1 is 1.00 bits per heavy atom. The van der Waals surface area contributed by atoms with Crippen LogP contribution in [0.15, 0.2) is 55.4 Å². The van der Waals surface area contributed by atoms with E-state index in [-0.39, 0.29) is 11.9 Å². The lowest BCUT2D eigenvalue weighted by Gasteiger charge is -2.43. The largest absolute Gasteiger partial charge is 0.494 e. The summed E-state index contributed by atoms with van der Waals surface area (Å²) in [5.74, 6) is 1.46. The number of rotatable bonds is 9. The molecule has 0 radical (unpaired) electrons. The molecule has 4 heterocycles. The fourth-order valence-electron chi connectivity index (χ4n) is 6.46. The second kappa shape index (κ2) is 14.4. The average molecular weight is 668 g/mol. The first-order valence-electron chi connectivity index (χ1n) is 15.6. The molecule has 11 nitrogen and oxygen atoms in total. The molecule has 3 fully saturated rings. The van der Waals surface area contributed by atoms with Crippen LogP contribution in [0.5, 0.6) is 5.75 Å². The minimum atomic E-state index is -0.286. The molecule has 1 aromatic heterocycles. The van der Waals surface area contributed by atoms with Crippen molar-refractivity contribution in [3.8, 4) is 5.75 Å². The SMILES string of the molecule is C=CC(=O)Nc1cc(Nc2cc(N3OCCC3c3ccc(Cl)c(Cl)c3)ncn2)c(OC)cc1N1CCN(C2CCN(C)CC2)CC1. The van der Waals surface area contributed by atoms with Crippen molar-refractivity contribution in [1.29, 1.82) is 0 Å². The summed E-state index contributed by atoms with van der Waals surface area (Å²) in [5.41, 5.74) is 3.19. The molecule has 1 amide bonds. The van der Waals surface area contributed by atoms with E-state index in [1.54, 1.807) is 18.2 Å². The molecule has 0 saturated carbocycles. The highest BCUT2D eigenvalue weighted by Crippen LogP contribution is 2.40.